The number of rotatable bonds is 8. The molecule has 8 heteroatoms. The number of hydrogen-bond acceptors (Lipinski definition) is 6. The van der Waals surface area contributed by atoms with Crippen LogP contribution in [0.4, 0.5) is 5.82 Å². The Morgan fingerprint density at radius 1 is 1.15 bits per heavy atom. The van der Waals surface area contributed by atoms with Crippen molar-refractivity contribution in [3.8, 4) is 0 Å². The molecular formula is C26H33N5O3. The van der Waals surface area contributed by atoms with Crippen molar-refractivity contribution in [3.05, 3.63) is 59.3 Å². The summed E-state index contributed by atoms with van der Waals surface area (Å²) in [6, 6.07) is 12.0. The van der Waals surface area contributed by atoms with Crippen LogP contribution in [0.1, 0.15) is 40.7 Å². The number of benzene rings is 1. The first-order valence-electron chi connectivity index (χ1n) is 12.3. The van der Waals surface area contributed by atoms with Crippen LogP contribution in [0.25, 0.3) is 0 Å². The third-order valence-corrected chi connectivity index (χ3v) is 7.20. The predicted octanol–water partition coefficient (Wildman–Crippen LogP) is 1.65. The van der Waals surface area contributed by atoms with Gasteiger partial charge in [-0.3, -0.25) is 14.5 Å². The number of likely N-dealkylation sites (tertiary alicyclic amines) is 1. The third-order valence-electron chi connectivity index (χ3n) is 7.20. The minimum absolute atomic E-state index is 0.159. The molecule has 0 unspecified atom stereocenters. The van der Waals surface area contributed by atoms with E-state index >= 15 is 0 Å². The maximum atomic E-state index is 12.6. The summed E-state index contributed by atoms with van der Waals surface area (Å²) in [5, 5.41) is 16.6. The lowest BCUT2D eigenvalue weighted by molar-refractivity contribution is -0.142. The van der Waals surface area contributed by atoms with Crippen molar-refractivity contribution in [2.45, 2.75) is 44.4 Å². The van der Waals surface area contributed by atoms with Gasteiger partial charge in [-0.2, -0.15) is 0 Å². The van der Waals surface area contributed by atoms with Gasteiger partial charge in [0.15, 0.2) is 0 Å². The number of fused-ring (bicyclic) bond motifs is 1. The molecule has 1 aromatic carbocycles. The van der Waals surface area contributed by atoms with E-state index in [2.05, 4.69) is 38.7 Å². The maximum Gasteiger partial charge on any atom is 0.251 e. The summed E-state index contributed by atoms with van der Waals surface area (Å²) in [4.78, 5) is 33.3. The molecule has 1 aliphatic carbocycles. The highest BCUT2D eigenvalue weighted by Gasteiger charge is 2.36. The molecule has 0 radical (unpaired) electrons. The molecule has 8 nitrogen and oxygen atoms in total. The number of anilines is 1. The molecule has 0 bridgehead atoms. The van der Waals surface area contributed by atoms with Crippen LogP contribution in [0.5, 0.6) is 0 Å². The summed E-state index contributed by atoms with van der Waals surface area (Å²) in [5.74, 6) is 0.898. The highest BCUT2D eigenvalue weighted by atomic mass is 16.3. The molecule has 2 aromatic rings. The average Bonchev–Trinajstić information content (AvgIpc) is 2.78. The van der Waals surface area contributed by atoms with E-state index in [0.29, 0.717) is 31.0 Å². The van der Waals surface area contributed by atoms with Crippen LogP contribution >= 0.6 is 0 Å². The van der Waals surface area contributed by atoms with Crippen molar-refractivity contribution in [3.63, 3.8) is 0 Å². The number of amides is 2. The van der Waals surface area contributed by atoms with Crippen molar-refractivity contribution in [2.75, 3.05) is 38.0 Å². The zero-order valence-electron chi connectivity index (χ0n) is 19.4. The Morgan fingerprint density at radius 2 is 1.94 bits per heavy atom. The average molecular weight is 464 g/mol. The number of nitrogens with one attached hydrogen (secondary N) is 2. The summed E-state index contributed by atoms with van der Waals surface area (Å²) < 4.78 is 0. The Balaban J connectivity index is 1.06. The monoisotopic (exact) mass is 463 g/mol. The van der Waals surface area contributed by atoms with E-state index in [-0.39, 0.29) is 30.3 Å². The number of aliphatic hydroxyl groups excluding tert-OH is 1. The molecule has 1 saturated heterocycles. The van der Waals surface area contributed by atoms with Gasteiger partial charge >= 0.3 is 0 Å². The summed E-state index contributed by atoms with van der Waals surface area (Å²) in [5.41, 5.74) is 3.19. The molecule has 3 N–H and O–H groups in total. The smallest absolute Gasteiger partial charge is 0.251 e. The predicted molar refractivity (Wildman–Crippen MR) is 129 cm³/mol. The van der Waals surface area contributed by atoms with Crippen LogP contribution in [0.2, 0.25) is 0 Å². The maximum absolute atomic E-state index is 12.6. The molecule has 34 heavy (non-hydrogen) atoms. The van der Waals surface area contributed by atoms with Crippen molar-refractivity contribution >= 4 is 17.6 Å². The number of pyridine rings is 1. The van der Waals surface area contributed by atoms with E-state index in [1.54, 1.807) is 18.3 Å². The molecule has 3 heterocycles. The van der Waals surface area contributed by atoms with Crippen LogP contribution in [0.3, 0.4) is 0 Å². The minimum Gasteiger partial charge on any atom is -0.390 e. The van der Waals surface area contributed by atoms with Crippen LogP contribution in [0.15, 0.2) is 42.6 Å². The summed E-state index contributed by atoms with van der Waals surface area (Å²) in [6.45, 7) is 3.82. The largest absolute Gasteiger partial charge is 0.390 e. The van der Waals surface area contributed by atoms with Crippen molar-refractivity contribution in [2.24, 2.45) is 5.92 Å². The Hall–Kier alpha value is -2.97. The van der Waals surface area contributed by atoms with Gasteiger partial charge in [0.05, 0.1) is 12.1 Å². The number of hydrogen-bond donors (Lipinski definition) is 3. The summed E-state index contributed by atoms with van der Waals surface area (Å²) in [6.07, 6.45) is 5.15. The highest BCUT2D eigenvalue weighted by Crippen LogP contribution is 2.30. The quantitative estimate of drug-likeness (QED) is 0.551. The van der Waals surface area contributed by atoms with E-state index in [9.17, 15) is 14.7 Å². The van der Waals surface area contributed by atoms with Gasteiger partial charge in [-0.1, -0.05) is 30.7 Å². The first kappa shape index (κ1) is 22.8. The van der Waals surface area contributed by atoms with E-state index in [1.165, 1.54) is 11.1 Å². The lowest BCUT2D eigenvalue weighted by atomic mass is 9.83. The number of carbonyl (C=O) groups is 2. The fourth-order valence-electron chi connectivity index (χ4n) is 4.91. The zero-order valence-corrected chi connectivity index (χ0v) is 19.4. The second-order valence-corrected chi connectivity index (χ2v) is 9.76. The number of aromatic nitrogens is 1. The normalized spacial score (nSPS) is 19.5. The van der Waals surface area contributed by atoms with Gasteiger partial charge in [-0.15, -0.1) is 0 Å². The molecule has 0 spiro atoms. The van der Waals surface area contributed by atoms with Crippen molar-refractivity contribution in [1.29, 1.82) is 0 Å². The topological polar surface area (TPSA) is 97.8 Å². The van der Waals surface area contributed by atoms with Crippen LogP contribution < -0.4 is 10.6 Å². The van der Waals surface area contributed by atoms with Gasteiger partial charge in [-0.05, 0) is 42.5 Å². The molecule has 2 fully saturated rings. The van der Waals surface area contributed by atoms with E-state index < -0.39 is 6.10 Å². The highest BCUT2D eigenvalue weighted by molar-refractivity contribution is 5.94. The first-order chi connectivity index (χ1) is 16.5. The number of β-amino-alcohol motifs (C(OH)–C–C–N with tert-alkyl or cyclic N) is 1. The van der Waals surface area contributed by atoms with Gasteiger partial charge in [0.1, 0.15) is 5.82 Å². The fraction of sp³-hybridized carbons (Fsp3) is 0.500. The number of carbonyl (C=O) groups excluding carboxylic acids is 2. The van der Waals surface area contributed by atoms with Gasteiger partial charge in [0.25, 0.3) is 5.91 Å². The van der Waals surface area contributed by atoms with Crippen LogP contribution in [0, 0.1) is 5.92 Å². The zero-order chi connectivity index (χ0) is 23.5. The minimum atomic E-state index is -0.636. The second-order valence-electron chi connectivity index (χ2n) is 9.76. The van der Waals surface area contributed by atoms with Crippen LogP contribution in [-0.2, 0) is 17.8 Å². The standard InChI is InChI=1S/C26H33N5O3/c32-23(17-30-11-9-18-4-1-2-5-21(18)14-30)13-28-25(33)20-8-10-27-24(12-20)29-22-15-31(16-22)26(34)19-6-3-7-19/h1-2,4-5,8,10,12,19,22-23,32H,3,6-7,9,11,13-17H2,(H,27,29)(H,28,33)/t23-/m0/s1. The Bertz CT molecular complexity index is 1030. The molecule has 2 aliphatic heterocycles. The van der Waals surface area contributed by atoms with E-state index in [0.717, 1.165) is 38.8 Å². The fourth-order valence-corrected chi connectivity index (χ4v) is 4.91. The van der Waals surface area contributed by atoms with Gasteiger partial charge in [0, 0.05) is 56.9 Å². The molecule has 1 aromatic heterocycles. The Kier molecular flexibility index (Phi) is 6.78. The van der Waals surface area contributed by atoms with Gasteiger partial charge in [-0.25, -0.2) is 4.98 Å². The van der Waals surface area contributed by atoms with Gasteiger partial charge in [0.2, 0.25) is 5.91 Å². The lowest BCUT2D eigenvalue weighted by Gasteiger charge is -2.43. The molecule has 1 saturated carbocycles. The first-order valence-corrected chi connectivity index (χ1v) is 12.3. The van der Waals surface area contributed by atoms with E-state index in [1.807, 2.05) is 11.0 Å². The Labute approximate surface area is 200 Å². The molecule has 5 rings (SSSR count). The van der Waals surface area contributed by atoms with Gasteiger partial charge < -0.3 is 20.6 Å². The second kappa shape index (κ2) is 10.1. The molecular weight excluding hydrogens is 430 g/mol. The van der Waals surface area contributed by atoms with Crippen molar-refractivity contribution in [1.82, 2.24) is 20.1 Å². The lowest BCUT2D eigenvalue weighted by Crippen LogP contribution is -2.59. The summed E-state index contributed by atoms with van der Waals surface area (Å²) in [7, 11) is 0. The SMILES string of the molecule is O=C(NC[C@H](O)CN1CCc2ccccc2C1)c1ccnc(NC2CN(C(=O)C3CCC3)C2)c1. The van der Waals surface area contributed by atoms with Crippen molar-refractivity contribution < 1.29 is 14.7 Å². The number of aliphatic hydroxyl groups is 1. The molecule has 3 aliphatic rings. The number of nitrogens with zero attached hydrogens (tertiary/aromatic N) is 3. The van der Waals surface area contributed by atoms with E-state index in [4.69, 9.17) is 0 Å². The summed E-state index contributed by atoms with van der Waals surface area (Å²) >= 11 is 0. The molecule has 2 amide bonds. The molecule has 180 valence electrons. The van der Waals surface area contributed by atoms with Crippen LogP contribution in [-0.4, -0.2) is 76.6 Å². The third kappa shape index (κ3) is 5.23. The Morgan fingerprint density at radius 3 is 2.71 bits per heavy atom. The molecule has 1 atom stereocenters.